The molecule has 0 saturated carbocycles. The number of amides is 1. The number of H-pyrrole nitrogens is 1. The number of halogens is 3. The van der Waals surface area contributed by atoms with Crippen LogP contribution in [0.4, 0.5) is 13.2 Å². The van der Waals surface area contributed by atoms with Gasteiger partial charge in [0.15, 0.2) is 0 Å². The summed E-state index contributed by atoms with van der Waals surface area (Å²) in [6.07, 6.45) is -4.80. The molecule has 1 fully saturated rings. The number of aromatic nitrogens is 2. The molecule has 0 unspecified atom stereocenters. The third-order valence-electron chi connectivity index (χ3n) is 5.03. The number of ether oxygens (including phenoxy) is 1. The number of nitrogens with one attached hydrogen (secondary N) is 1. The van der Waals surface area contributed by atoms with Gasteiger partial charge in [-0.15, -0.1) is 13.2 Å². The summed E-state index contributed by atoms with van der Waals surface area (Å²) in [4.78, 5) is 32.2. The van der Waals surface area contributed by atoms with Crippen molar-refractivity contribution < 1.29 is 22.7 Å². The number of benzene rings is 1. The van der Waals surface area contributed by atoms with Crippen LogP contribution in [-0.2, 0) is 0 Å². The number of alkyl halides is 3. The van der Waals surface area contributed by atoms with E-state index in [4.69, 9.17) is 0 Å². The fourth-order valence-electron chi connectivity index (χ4n) is 3.47. The van der Waals surface area contributed by atoms with Crippen LogP contribution in [0.1, 0.15) is 10.5 Å². The predicted molar refractivity (Wildman–Crippen MR) is 104 cm³/mol. The highest BCUT2D eigenvalue weighted by Gasteiger charge is 2.31. The molecule has 1 aliphatic rings. The Morgan fingerprint density at radius 1 is 1.03 bits per heavy atom. The van der Waals surface area contributed by atoms with Crippen LogP contribution in [0.15, 0.2) is 47.3 Å². The standard InChI is InChI=1S/C20H19F3N4O3/c1-25-8-10-26(11-9-25)19(29)16-12-13-2-7-17(28)27(18(13)24-16)14-3-5-15(6-4-14)30-20(21,22)23/h2-7,12,24H,8-11H2,1H3. The summed E-state index contributed by atoms with van der Waals surface area (Å²) in [7, 11) is 1.99. The second kappa shape index (κ2) is 7.52. The topological polar surface area (TPSA) is 70.6 Å². The van der Waals surface area contributed by atoms with E-state index in [0.29, 0.717) is 35.5 Å². The summed E-state index contributed by atoms with van der Waals surface area (Å²) in [6.45, 7) is 2.78. The molecule has 10 heteroatoms. The van der Waals surface area contributed by atoms with Crippen molar-refractivity contribution in [1.82, 2.24) is 19.4 Å². The van der Waals surface area contributed by atoms with E-state index in [0.717, 1.165) is 25.2 Å². The second-order valence-corrected chi connectivity index (χ2v) is 7.13. The van der Waals surface area contributed by atoms with Crippen molar-refractivity contribution in [3.8, 4) is 11.4 Å². The van der Waals surface area contributed by atoms with Crippen molar-refractivity contribution in [1.29, 1.82) is 0 Å². The van der Waals surface area contributed by atoms with Gasteiger partial charge in [-0.2, -0.15) is 0 Å². The number of pyridine rings is 1. The minimum absolute atomic E-state index is 0.160. The van der Waals surface area contributed by atoms with Crippen LogP contribution in [0, 0.1) is 0 Å². The maximum absolute atomic E-state index is 12.9. The fraction of sp³-hybridized carbons (Fsp3) is 0.300. The molecule has 0 radical (unpaired) electrons. The molecule has 7 nitrogen and oxygen atoms in total. The summed E-state index contributed by atoms with van der Waals surface area (Å²) >= 11 is 0. The molecular formula is C20H19F3N4O3. The maximum atomic E-state index is 12.9. The Hall–Kier alpha value is -3.27. The zero-order valence-corrected chi connectivity index (χ0v) is 16.1. The average molecular weight is 420 g/mol. The number of hydrogen-bond donors (Lipinski definition) is 1. The van der Waals surface area contributed by atoms with Crippen LogP contribution in [0.5, 0.6) is 5.75 Å². The van der Waals surface area contributed by atoms with Gasteiger partial charge in [0.1, 0.15) is 17.1 Å². The molecule has 2 aromatic heterocycles. The van der Waals surface area contributed by atoms with E-state index >= 15 is 0 Å². The highest BCUT2D eigenvalue weighted by atomic mass is 19.4. The lowest BCUT2D eigenvalue weighted by molar-refractivity contribution is -0.274. The molecule has 158 valence electrons. The van der Waals surface area contributed by atoms with Crippen molar-refractivity contribution in [2.24, 2.45) is 0 Å². The van der Waals surface area contributed by atoms with Gasteiger partial charge in [0.05, 0.1) is 5.69 Å². The second-order valence-electron chi connectivity index (χ2n) is 7.13. The van der Waals surface area contributed by atoms with Crippen LogP contribution in [0.3, 0.4) is 0 Å². The fourth-order valence-corrected chi connectivity index (χ4v) is 3.47. The number of piperazine rings is 1. The van der Waals surface area contributed by atoms with Crippen molar-refractivity contribution >= 4 is 16.9 Å². The largest absolute Gasteiger partial charge is 0.573 e. The van der Waals surface area contributed by atoms with E-state index in [2.05, 4.69) is 14.6 Å². The lowest BCUT2D eigenvalue weighted by Gasteiger charge is -2.32. The van der Waals surface area contributed by atoms with Crippen LogP contribution in [0.25, 0.3) is 16.7 Å². The monoisotopic (exact) mass is 420 g/mol. The molecular weight excluding hydrogens is 401 g/mol. The molecule has 0 spiro atoms. The number of nitrogens with zero attached hydrogens (tertiary/aromatic N) is 3. The van der Waals surface area contributed by atoms with E-state index in [1.807, 2.05) is 7.05 Å². The van der Waals surface area contributed by atoms with E-state index < -0.39 is 6.36 Å². The number of carbonyl (C=O) groups excluding carboxylic acids is 1. The minimum Gasteiger partial charge on any atom is -0.406 e. The lowest BCUT2D eigenvalue weighted by Crippen LogP contribution is -2.47. The Morgan fingerprint density at radius 2 is 1.70 bits per heavy atom. The van der Waals surface area contributed by atoms with Crippen LogP contribution in [0.2, 0.25) is 0 Å². The molecule has 0 bridgehead atoms. The third-order valence-corrected chi connectivity index (χ3v) is 5.03. The normalized spacial score (nSPS) is 15.5. The molecule has 4 rings (SSSR count). The smallest absolute Gasteiger partial charge is 0.406 e. The first kappa shape index (κ1) is 20.0. The summed E-state index contributed by atoms with van der Waals surface area (Å²) in [5, 5.41) is 0.641. The first-order valence-electron chi connectivity index (χ1n) is 9.30. The molecule has 1 amide bonds. The average Bonchev–Trinajstić information content (AvgIpc) is 3.12. The van der Waals surface area contributed by atoms with E-state index in [1.54, 1.807) is 17.0 Å². The van der Waals surface area contributed by atoms with Crippen molar-refractivity contribution in [2.75, 3.05) is 33.2 Å². The Bertz CT molecular complexity index is 1130. The SMILES string of the molecule is CN1CCN(C(=O)c2cc3ccc(=O)n(-c4ccc(OC(F)(F)F)cc4)c3[nH]2)CC1. The Morgan fingerprint density at radius 3 is 2.33 bits per heavy atom. The van der Waals surface area contributed by atoms with Crippen molar-refractivity contribution in [3.05, 3.63) is 58.5 Å². The number of fused-ring (bicyclic) bond motifs is 1. The summed E-state index contributed by atoms with van der Waals surface area (Å²) in [6, 6.07) is 9.59. The Labute approximate surface area is 169 Å². The molecule has 30 heavy (non-hydrogen) atoms. The van der Waals surface area contributed by atoms with E-state index in [1.165, 1.54) is 22.8 Å². The zero-order valence-electron chi connectivity index (χ0n) is 16.1. The first-order valence-corrected chi connectivity index (χ1v) is 9.30. The number of rotatable bonds is 3. The van der Waals surface area contributed by atoms with E-state index in [9.17, 15) is 22.8 Å². The Balaban J connectivity index is 1.68. The molecule has 1 saturated heterocycles. The zero-order chi connectivity index (χ0) is 21.5. The van der Waals surface area contributed by atoms with Crippen LogP contribution < -0.4 is 10.3 Å². The number of likely N-dealkylation sites (N-methyl/N-ethyl adjacent to an activating group) is 1. The van der Waals surface area contributed by atoms with Crippen LogP contribution in [-0.4, -0.2) is 64.8 Å². The molecule has 0 atom stereocenters. The van der Waals surface area contributed by atoms with Gasteiger partial charge < -0.3 is 19.5 Å². The highest BCUT2D eigenvalue weighted by Crippen LogP contribution is 2.25. The summed E-state index contributed by atoms with van der Waals surface area (Å²) in [5.74, 6) is -0.545. The molecule has 1 aliphatic heterocycles. The number of carbonyl (C=O) groups is 1. The number of hydrogen-bond acceptors (Lipinski definition) is 4. The predicted octanol–water partition coefficient (Wildman–Crippen LogP) is 2.61. The molecule has 0 aliphatic carbocycles. The quantitative estimate of drug-likeness (QED) is 0.707. The van der Waals surface area contributed by atoms with Gasteiger partial charge in [0.2, 0.25) is 0 Å². The third kappa shape index (κ3) is 4.04. The minimum atomic E-state index is -4.80. The van der Waals surface area contributed by atoms with Gasteiger partial charge in [-0.1, -0.05) is 0 Å². The lowest BCUT2D eigenvalue weighted by atomic mass is 10.2. The van der Waals surface area contributed by atoms with Crippen molar-refractivity contribution in [2.45, 2.75) is 6.36 Å². The maximum Gasteiger partial charge on any atom is 0.573 e. The van der Waals surface area contributed by atoms with Gasteiger partial charge in [-0.25, -0.2) is 0 Å². The molecule has 3 heterocycles. The number of aromatic amines is 1. The van der Waals surface area contributed by atoms with Gasteiger partial charge in [-0.3, -0.25) is 14.2 Å². The molecule has 3 aromatic rings. The summed E-state index contributed by atoms with van der Waals surface area (Å²) in [5.41, 5.74) is 0.711. The Kier molecular flexibility index (Phi) is 5.02. The van der Waals surface area contributed by atoms with Gasteiger partial charge in [0.25, 0.3) is 11.5 Å². The first-order chi connectivity index (χ1) is 14.2. The van der Waals surface area contributed by atoms with Crippen molar-refractivity contribution in [3.63, 3.8) is 0 Å². The van der Waals surface area contributed by atoms with Gasteiger partial charge in [0, 0.05) is 37.6 Å². The van der Waals surface area contributed by atoms with Crippen LogP contribution >= 0.6 is 0 Å². The molecule has 1 aromatic carbocycles. The van der Waals surface area contributed by atoms with E-state index in [-0.39, 0.29) is 17.2 Å². The van der Waals surface area contributed by atoms with Gasteiger partial charge >= 0.3 is 6.36 Å². The molecule has 1 N–H and O–H groups in total. The highest BCUT2D eigenvalue weighted by molar-refractivity contribution is 5.97. The summed E-state index contributed by atoms with van der Waals surface area (Å²) < 4.78 is 42.3. The van der Waals surface area contributed by atoms with Gasteiger partial charge in [-0.05, 0) is 43.4 Å².